The topological polar surface area (TPSA) is 385 Å². The number of ether oxygens (including phenoxy) is 2. The highest BCUT2D eigenvalue weighted by atomic mass is 32.2. The van der Waals surface area contributed by atoms with Crippen molar-refractivity contribution in [1.29, 1.82) is 0 Å². The van der Waals surface area contributed by atoms with Crippen LogP contribution in [0.2, 0.25) is 0 Å². The number of hydrogen-bond acceptors (Lipinski definition) is 24. The van der Waals surface area contributed by atoms with Crippen molar-refractivity contribution in [2.24, 2.45) is 25.6 Å². The van der Waals surface area contributed by atoms with Gasteiger partial charge in [-0.25, -0.2) is 10.5 Å². The Morgan fingerprint density at radius 3 is 1.86 bits per heavy atom. The fourth-order valence-electron chi connectivity index (χ4n) is 5.79. The summed E-state index contributed by atoms with van der Waals surface area (Å²) in [6, 6.07) is 14.6. The summed E-state index contributed by atoms with van der Waals surface area (Å²) in [6.45, 7) is 0. The second-order valence-corrected chi connectivity index (χ2v) is 16.6. The fraction of sp³-hybridized carbons (Fsp3) is 0.0588. The largest absolute Gasteiger partial charge is 0.594 e. The summed E-state index contributed by atoms with van der Waals surface area (Å²) in [5.41, 5.74) is 10.8. The molecule has 6 rings (SSSR count). The molecule has 0 fully saturated rings. The molecule has 29 heteroatoms. The first-order valence-corrected chi connectivity index (χ1v) is 21.1. The second-order valence-electron chi connectivity index (χ2n) is 12.3. The zero-order chi connectivity index (χ0) is 45.8. The van der Waals surface area contributed by atoms with Crippen molar-refractivity contribution in [1.82, 2.24) is 0 Å². The Balaban J connectivity index is 1.30. The van der Waals surface area contributed by atoms with Gasteiger partial charge in [0.15, 0.2) is 17.2 Å². The number of nitrogen functional groups attached to an aromatic ring is 2. The zero-order valence-electron chi connectivity index (χ0n) is 31.6. The third-order valence-corrected chi connectivity index (χ3v) is 11.3. The number of phenolic OH excluding ortho intramolecular Hbond substituents is 2. The van der Waals surface area contributed by atoms with Crippen molar-refractivity contribution in [3.05, 3.63) is 78.0 Å². The highest BCUT2D eigenvalue weighted by Gasteiger charge is 2.25. The molecule has 0 amide bonds. The van der Waals surface area contributed by atoms with E-state index in [2.05, 4.69) is 44.3 Å². The number of nitrogens with two attached hydrogens (primary N) is 2. The average Bonchev–Trinajstić information content (AvgIpc) is 3.23. The monoisotopic (exact) mass is 948 g/mol. The van der Waals surface area contributed by atoms with E-state index in [4.69, 9.17) is 31.5 Å². The van der Waals surface area contributed by atoms with Crippen LogP contribution in [0.3, 0.4) is 0 Å². The van der Waals surface area contributed by atoms with Gasteiger partial charge >= 0.3 is 0 Å². The zero-order valence-corrected chi connectivity index (χ0v) is 34.8. The minimum Gasteiger partial charge on any atom is -0.594 e. The smallest absolute Gasteiger partial charge is 0.296 e. The van der Waals surface area contributed by atoms with E-state index >= 15 is 0 Å². The molecule has 0 aliphatic carbocycles. The number of anilines is 2. The highest BCUT2D eigenvalue weighted by Crippen LogP contribution is 2.48. The summed E-state index contributed by atoms with van der Waals surface area (Å²) in [7, 11) is -7.19. The maximum Gasteiger partial charge on any atom is 0.296 e. The third-order valence-electron chi connectivity index (χ3n) is 8.47. The molecule has 0 aliphatic heterocycles. The van der Waals surface area contributed by atoms with E-state index in [9.17, 15) is 41.4 Å². The first-order valence-electron chi connectivity index (χ1n) is 16.7. The summed E-state index contributed by atoms with van der Waals surface area (Å²) < 4.78 is 87.4. The molecule has 0 atom stereocenters. The molecule has 0 unspecified atom stereocenters. The SMILES string of the molecule is COc1cc(/N=[N+](\[O-])c2ccc(/N=N/c3c(S(=O)(=O)O)cc4cc(SOOO)cc(N)c4c3O)c(OC)c2)ccc1/N=N/c1c(SOOO)cc2cc(S(=O)(=O)O)cc(N)c2c1O. The van der Waals surface area contributed by atoms with Gasteiger partial charge < -0.3 is 36.4 Å². The van der Waals surface area contributed by atoms with E-state index in [1.807, 2.05) is 0 Å². The molecule has 0 heterocycles. The van der Waals surface area contributed by atoms with Crippen LogP contribution in [-0.4, -0.2) is 65.7 Å². The van der Waals surface area contributed by atoms with Crippen LogP contribution in [-0.2, 0) is 39.0 Å². The Hall–Kier alpha value is -6.48. The van der Waals surface area contributed by atoms with Crippen molar-refractivity contribution >= 4 is 111 Å². The summed E-state index contributed by atoms with van der Waals surface area (Å²) in [4.78, 5) is -1.03. The number of azo groups is 3. The Kier molecular flexibility index (Phi) is 13.8. The van der Waals surface area contributed by atoms with Gasteiger partial charge in [-0.15, -0.1) is 29.1 Å². The minimum absolute atomic E-state index is 0.0331. The lowest BCUT2D eigenvalue weighted by atomic mass is 10.1. The highest BCUT2D eigenvalue weighted by molar-refractivity contribution is 7.95. The average molecular weight is 949 g/mol. The number of aromatic hydroxyl groups is 2. The molecule has 0 radical (unpaired) electrons. The molecule has 10 N–H and O–H groups in total. The molecule has 0 aromatic heterocycles. The molecule has 0 spiro atoms. The van der Waals surface area contributed by atoms with Crippen molar-refractivity contribution in [2.75, 3.05) is 25.7 Å². The number of nitrogens with zero attached hydrogens (tertiary/aromatic N) is 6. The van der Waals surface area contributed by atoms with Gasteiger partial charge in [-0.2, -0.15) is 16.8 Å². The summed E-state index contributed by atoms with van der Waals surface area (Å²) >= 11 is 0.863. The van der Waals surface area contributed by atoms with Crippen LogP contribution < -0.4 is 20.9 Å². The van der Waals surface area contributed by atoms with E-state index in [0.29, 0.717) is 24.1 Å². The first kappa shape index (κ1) is 46.0. The van der Waals surface area contributed by atoms with Crippen molar-refractivity contribution in [3.8, 4) is 23.0 Å². The lowest BCUT2D eigenvalue weighted by molar-refractivity contribution is -0.435. The minimum atomic E-state index is -5.02. The Bertz CT molecular complexity index is 3100. The Morgan fingerprint density at radius 2 is 1.24 bits per heavy atom. The third kappa shape index (κ3) is 10.1. The molecule has 0 bridgehead atoms. The first-order chi connectivity index (χ1) is 29.9. The predicted molar refractivity (Wildman–Crippen MR) is 221 cm³/mol. The van der Waals surface area contributed by atoms with Gasteiger partial charge in [0, 0.05) is 44.3 Å². The number of benzene rings is 6. The van der Waals surface area contributed by atoms with Gasteiger partial charge in [0.1, 0.15) is 39.1 Å². The lowest BCUT2D eigenvalue weighted by Gasteiger charge is -2.12. The van der Waals surface area contributed by atoms with Gasteiger partial charge in [-0.05, 0) is 70.2 Å². The Labute approximate surface area is 361 Å². The van der Waals surface area contributed by atoms with Crippen LogP contribution in [0.5, 0.6) is 23.0 Å². The van der Waals surface area contributed by atoms with Gasteiger partial charge in [0.25, 0.3) is 20.2 Å². The quantitative estimate of drug-likeness (QED) is 0.00854. The molecule has 25 nitrogen and oxygen atoms in total. The predicted octanol–water partition coefficient (Wildman–Crippen LogP) is 8.69. The van der Waals surface area contributed by atoms with Crippen LogP contribution in [0.15, 0.2) is 118 Å². The van der Waals surface area contributed by atoms with E-state index < -0.39 is 47.2 Å². The van der Waals surface area contributed by atoms with Crippen LogP contribution >= 0.6 is 24.1 Å². The molecule has 0 saturated heterocycles. The number of rotatable bonds is 16. The number of phenols is 2. The van der Waals surface area contributed by atoms with E-state index in [0.717, 1.165) is 18.2 Å². The number of fused-ring (bicyclic) bond motifs is 2. The molecular weight excluding hydrogens is 921 g/mol. The van der Waals surface area contributed by atoms with Crippen molar-refractivity contribution in [3.63, 3.8) is 0 Å². The number of hydrogen-bond donors (Lipinski definition) is 8. The molecule has 0 aliphatic rings. The molecule has 6 aromatic rings. The normalized spacial score (nSPS) is 12.6. The molecule has 6 aromatic carbocycles. The van der Waals surface area contributed by atoms with E-state index in [1.54, 1.807) is 0 Å². The fourth-order valence-corrected chi connectivity index (χ4v) is 7.95. The van der Waals surface area contributed by atoms with Crippen LogP contribution in [0.4, 0.5) is 45.5 Å². The summed E-state index contributed by atoms with van der Waals surface area (Å²) in [5.74, 6) is -1.38. The van der Waals surface area contributed by atoms with Gasteiger partial charge in [-0.1, -0.05) is 10.1 Å². The number of methoxy groups -OCH3 is 2. The second kappa shape index (κ2) is 18.9. The van der Waals surface area contributed by atoms with Gasteiger partial charge in [0.2, 0.25) is 5.69 Å². The van der Waals surface area contributed by atoms with E-state index in [-0.39, 0.29) is 87.5 Å². The summed E-state index contributed by atoms with van der Waals surface area (Å²) in [6.07, 6.45) is 0. The van der Waals surface area contributed by atoms with Crippen LogP contribution in [0.1, 0.15) is 0 Å². The Morgan fingerprint density at radius 1 is 0.667 bits per heavy atom. The molecule has 0 saturated carbocycles. The molecule has 63 heavy (non-hydrogen) atoms. The lowest BCUT2D eigenvalue weighted by Crippen LogP contribution is -2.00. The maximum absolute atomic E-state index is 13.2. The molecular formula is C34H28N8O17S4. The van der Waals surface area contributed by atoms with E-state index in [1.165, 1.54) is 68.8 Å². The standard InChI is InChI=1S/C34H28N8O17S4/c1-54-25-11-17(3-5-23(25)37-39-31-27(61-59-57-47)9-16-8-20(62(48,49)50)14-22(36)30(16)33(31)43)41-42(45)18-4-6-24(26(12-18)55-2)38-40-32-28(63(51,52)53)10-15-7-19(60-58-56-46)13-21(35)29(15)34(32)44/h3-14,43-44,46-47H,35-36H2,1-2H3,(H,48,49,50)(H,51,52,53)/b39-37+,40-38+,42-41-. The maximum atomic E-state index is 13.2. The van der Waals surface area contributed by atoms with Gasteiger partial charge in [-0.3, -0.25) is 9.11 Å². The van der Waals surface area contributed by atoms with Crippen molar-refractivity contribution in [2.45, 2.75) is 19.6 Å². The van der Waals surface area contributed by atoms with Crippen molar-refractivity contribution < 1.29 is 79.7 Å². The summed E-state index contributed by atoms with van der Waals surface area (Å²) in [5, 5.41) is 79.8. The van der Waals surface area contributed by atoms with Crippen LogP contribution in [0.25, 0.3) is 21.5 Å². The van der Waals surface area contributed by atoms with Gasteiger partial charge in [0.05, 0.1) is 54.2 Å². The molecule has 330 valence electrons. The van der Waals surface area contributed by atoms with Crippen LogP contribution in [0, 0.1) is 5.21 Å².